The maximum absolute atomic E-state index is 12.7. The van der Waals surface area contributed by atoms with Gasteiger partial charge in [-0.05, 0) is 36.5 Å². The van der Waals surface area contributed by atoms with Crippen molar-refractivity contribution in [3.8, 4) is 0 Å². The van der Waals surface area contributed by atoms with E-state index in [4.69, 9.17) is 0 Å². The van der Waals surface area contributed by atoms with Crippen molar-refractivity contribution >= 4 is 5.91 Å². The fourth-order valence-corrected chi connectivity index (χ4v) is 3.95. The molecule has 1 amide bonds. The van der Waals surface area contributed by atoms with Crippen molar-refractivity contribution in [1.29, 1.82) is 0 Å². The van der Waals surface area contributed by atoms with Crippen LogP contribution < -0.4 is 10.6 Å². The Morgan fingerprint density at radius 1 is 1.04 bits per heavy atom. The number of hydrogen-bond acceptors (Lipinski definition) is 3. The van der Waals surface area contributed by atoms with Gasteiger partial charge in [0.2, 0.25) is 5.91 Å². The number of nitrogens with zero attached hydrogens (tertiary/aromatic N) is 1. The molecule has 0 radical (unpaired) electrons. The number of benzene rings is 2. The van der Waals surface area contributed by atoms with Gasteiger partial charge in [-0.25, -0.2) is 0 Å². The average Bonchev–Trinajstić information content (AvgIpc) is 2.65. The first-order valence-electron chi connectivity index (χ1n) is 9.12. The molecule has 2 N–H and O–H groups in total. The van der Waals surface area contributed by atoms with Gasteiger partial charge >= 0.3 is 0 Å². The van der Waals surface area contributed by atoms with Crippen LogP contribution in [0.2, 0.25) is 0 Å². The smallest absolute Gasteiger partial charge is 0.227 e. The predicted molar refractivity (Wildman–Crippen MR) is 98.7 cm³/mol. The number of amides is 1. The zero-order chi connectivity index (χ0) is 17.2. The minimum Gasteiger partial charge on any atom is -0.328 e. The second kappa shape index (κ2) is 6.98. The molecule has 2 aromatic carbocycles. The maximum Gasteiger partial charge on any atom is 0.227 e. The van der Waals surface area contributed by atoms with Crippen molar-refractivity contribution in [2.45, 2.75) is 38.6 Å². The minimum atomic E-state index is -0.0807. The first-order chi connectivity index (χ1) is 12.2. The van der Waals surface area contributed by atoms with E-state index in [1.54, 1.807) is 0 Å². The zero-order valence-electron chi connectivity index (χ0n) is 14.6. The Bertz CT molecular complexity index is 746. The highest BCUT2D eigenvalue weighted by atomic mass is 16.2. The third kappa shape index (κ3) is 3.46. The molecule has 0 spiro atoms. The topological polar surface area (TPSA) is 44.4 Å². The lowest BCUT2D eigenvalue weighted by Gasteiger charge is -2.43. The van der Waals surface area contributed by atoms with Gasteiger partial charge in [-0.1, -0.05) is 54.6 Å². The Morgan fingerprint density at radius 2 is 1.76 bits per heavy atom. The molecule has 2 aromatic rings. The van der Waals surface area contributed by atoms with Gasteiger partial charge in [-0.3, -0.25) is 15.0 Å². The quantitative estimate of drug-likeness (QED) is 0.905. The standard InChI is InChI=1S/C21H25N3O/c1-15-19(13-16-7-3-2-4-8-16)20(25)23-21(22-15)24-12-11-17-9-5-6-10-18(17)14-24/h2-10,15,19,21-22H,11-14H2,1H3,(H,23,25). The minimum absolute atomic E-state index is 0.0317. The van der Waals surface area contributed by atoms with Crippen LogP contribution in [0, 0.1) is 5.92 Å². The summed E-state index contributed by atoms with van der Waals surface area (Å²) in [6.45, 7) is 3.96. The summed E-state index contributed by atoms with van der Waals surface area (Å²) in [6, 6.07) is 19.0. The van der Waals surface area contributed by atoms with E-state index in [2.05, 4.69) is 58.9 Å². The molecule has 3 unspecified atom stereocenters. The van der Waals surface area contributed by atoms with Gasteiger partial charge in [0.1, 0.15) is 6.29 Å². The summed E-state index contributed by atoms with van der Waals surface area (Å²) in [4.78, 5) is 15.1. The first-order valence-corrected chi connectivity index (χ1v) is 9.12. The van der Waals surface area contributed by atoms with Crippen LogP contribution >= 0.6 is 0 Å². The predicted octanol–water partition coefficient (Wildman–Crippen LogP) is 2.30. The van der Waals surface area contributed by atoms with E-state index in [-0.39, 0.29) is 24.2 Å². The molecule has 0 saturated carbocycles. The summed E-state index contributed by atoms with van der Waals surface area (Å²) in [5.41, 5.74) is 4.00. The average molecular weight is 335 g/mol. The molecular weight excluding hydrogens is 310 g/mol. The zero-order valence-corrected chi connectivity index (χ0v) is 14.6. The van der Waals surface area contributed by atoms with Crippen molar-refractivity contribution < 1.29 is 4.79 Å². The van der Waals surface area contributed by atoms with Gasteiger partial charge in [0.25, 0.3) is 0 Å². The van der Waals surface area contributed by atoms with E-state index in [0.717, 1.165) is 25.9 Å². The van der Waals surface area contributed by atoms with Crippen LogP contribution in [0.4, 0.5) is 0 Å². The summed E-state index contributed by atoms with van der Waals surface area (Å²) >= 11 is 0. The lowest BCUT2D eigenvalue weighted by atomic mass is 9.90. The molecule has 1 fully saturated rings. The van der Waals surface area contributed by atoms with Crippen molar-refractivity contribution in [3.63, 3.8) is 0 Å². The van der Waals surface area contributed by atoms with Crippen molar-refractivity contribution in [1.82, 2.24) is 15.5 Å². The number of carbonyl (C=O) groups is 1. The molecule has 4 rings (SSSR count). The SMILES string of the molecule is CC1NC(N2CCc3ccccc3C2)NC(=O)C1Cc1ccccc1. The number of hydrogen-bond donors (Lipinski definition) is 2. The van der Waals surface area contributed by atoms with Crippen LogP contribution in [0.25, 0.3) is 0 Å². The van der Waals surface area contributed by atoms with E-state index in [0.29, 0.717) is 0 Å². The molecule has 2 aliphatic rings. The third-order valence-electron chi connectivity index (χ3n) is 5.46. The largest absolute Gasteiger partial charge is 0.328 e. The van der Waals surface area contributed by atoms with Gasteiger partial charge in [-0.15, -0.1) is 0 Å². The molecule has 0 bridgehead atoms. The van der Waals surface area contributed by atoms with Crippen molar-refractivity contribution in [2.24, 2.45) is 5.92 Å². The molecule has 4 nitrogen and oxygen atoms in total. The monoisotopic (exact) mass is 335 g/mol. The number of nitrogens with one attached hydrogen (secondary N) is 2. The van der Waals surface area contributed by atoms with E-state index in [1.807, 2.05) is 18.2 Å². The van der Waals surface area contributed by atoms with Gasteiger partial charge in [0.15, 0.2) is 0 Å². The molecule has 130 valence electrons. The third-order valence-corrected chi connectivity index (χ3v) is 5.46. The highest BCUT2D eigenvalue weighted by Gasteiger charge is 2.36. The van der Waals surface area contributed by atoms with Crippen molar-refractivity contribution in [2.75, 3.05) is 6.54 Å². The number of fused-ring (bicyclic) bond motifs is 1. The molecule has 1 saturated heterocycles. The lowest BCUT2D eigenvalue weighted by molar-refractivity contribution is -0.132. The number of carbonyl (C=O) groups excluding carboxylic acids is 1. The summed E-state index contributed by atoms with van der Waals surface area (Å²) in [5.74, 6) is 0.120. The second-order valence-corrected chi connectivity index (χ2v) is 7.15. The highest BCUT2D eigenvalue weighted by molar-refractivity contribution is 5.80. The molecule has 0 aromatic heterocycles. The van der Waals surface area contributed by atoms with Gasteiger partial charge < -0.3 is 5.32 Å². The molecular formula is C21H25N3O. The van der Waals surface area contributed by atoms with Gasteiger partial charge in [0, 0.05) is 19.1 Å². The summed E-state index contributed by atoms with van der Waals surface area (Å²) < 4.78 is 0. The van der Waals surface area contributed by atoms with Crippen LogP contribution in [-0.4, -0.2) is 29.7 Å². The van der Waals surface area contributed by atoms with E-state index in [1.165, 1.54) is 16.7 Å². The second-order valence-electron chi connectivity index (χ2n) is 7.15. The molecule has 2 aliphatic heterocycles. The Kier molecular flexibility index (Phi) is 4.55. The fraction of sp³-hybridized carbons (Fsp3) is 0.381. The van der Waals surface area contributed by atoms with Crippen LogP contribution in [0.15, 0.2) is 54.6 Å². The lowest BCUT2D eigenvalue weighted by Crippen LogP contribution is -2.67. The van der Waals surface area contributed by atoms with Crippen LogP contribution in [-0.2, 0) is 24.2 Å². The molecule has 2 heterocycles. The van der Waals surface area contributed by atoms with Gasteiger partial charge in [0.05, 0.1) is 5.92 Å². The Morgan fingerprint density at radius 3 is 2.52 bits per heavy atom. The van der Waals surface area contributed by atoms with Crippen LogP contribution in [0.5, 0.6) is 0 Å². The van der Waals surface area contributed by atoms with E-state index >= 15 is 0 Å². The Balaban J connectivity index is 1.43. The fourth-order valence-electron chi connectivity index (χ4n) is 3.95. The van der Waals surface area contributed by atoms with Crippen molar-refractivity contribution in [3.05, 3.63) is 71.3 Å². The summed E-state index contributed by atoms with van der Waals surface area (Å²) in [5, 5.41) is 6.81. The van der Waals surface area contributed by atoms with Gasteiger partial charge in [-0.2, -0.15) is 0 Å². The maximum atomic E-state index is 12.7. The Hall–Kier alpha value is -2.17. The highest BCUT2D eigenvalue weighted by Crippen LogP contribution is 2.22. The normalized spacial score (nSPS) is 26.8. The summed E-state index contributed by atoms with van der Waals surface area (Å²) in [7, 11) is 0. The number of rotatable bonds is 3. The summed E-state index contributed by atoms with van der Waals surface area (Å²) in [6.07, 6.45) is 1.73. The Labute approximate surface area is 149 Å². The molecule has 3 atom stereocenters. The first kappa shape index (κ1) is 16.3. The molecule has 4 heteroatoms. The van der Waals surface area contributed by atoms with Crippen LogP contribution in [0.1, 0.15) is 23.6 Å². The molecule has 25 heavy (non-hydrogen) atoms. The van der Waals surface area contributed by atoms with E-state index in [9.17, 15) is 4.79 Å². The van der Waals surface area contributed by atoms with E-state index < -0.39 is 0 Å². The van der Waals surface area contributed by atoms with Crippen LogP contribution in [0.3, 0.4) is 0 Å². The molecule has 0 aliphatic carbocycles.